The van der Waals surface area contributed by atoms with E-state index in [2.05, 4.69) is 33.8 Å². The largest absolute Gasteiger partial charge is 0.481 e. The van der Waals surface area contributed by atoms with Gasteiger partial charge in [0.15, 0.2) is 0 Å². The molecule has 1 aliphatic rings. The summed E-state index contributed by atoms with van der Waals surface area (Å²) in [5, 5.41) is 16.4. The van der Waals surface area contributed by atoms with Crippen molar-refractivity contribution in [3.05, 3.63) is 95.1 Å². The lowest BCUT2D eigenvalue weighted by molar-refractivity contribution is -0.138. The van der Waals surface area contributed by atoms with Crippen LogP contribution in [0.3, 0.4) is 0 Å². The maximum absolute atomic E-state index is 14.9. The molecule has 5 nitrogen and oxygen atoms in total. The van der Waals surface area contributed by atoms with Gasteiger partial charge in [0.05, 0.1) is 17.3 Å². The van der Waals surface area contributed by atoms with Crippen molar-refractivity contribution in [3.8, 4) is 0 Å². The van der Waals surface area contributed by atoms with E-state index in [-0.39, 0.29) is 11.6 Å². The molecule has 0 aliphatic carbocycles. The fourth-order valence-electron chi connectivity index (χ4n) is 4.40. The molecule has 0 spiro atoms. The summed E-state index contributed by atoms with van der Waals surface area (Å²) in [5.41, 5.74) is 4.10. The molecule has 0 unspecified atom stereocenters. The first kappa shape index (κ1) is 22.0. The summed E-state index contributed by atoms with van der Waals surface area (Å²) in [6.07, 6.45) is 3.15. The molecule has 0 saturated heterocycles. The van der Waals surface area contributed by atoms with Gasteiger partial charge in [-0.15, -0.1) is 0 Å². The van der Waals surface area contributed by atoms with Crippen molar-refractivity contribution in [2.75, 3.05) is 18.4 Å². The summed E-state index contributed by atoms with van der Waals surface area (Å²) in [6.45, 7) is 2.91. The topological polar surface area (TPSA) is 74.2 Å². The Morgan fingerprint density at radius 1 is 1.19 bits per heavy atom. The summed E-state index contributed by atoms with van der Waals surface area (Å²) < 4.78 is 14.9. The van der Waals surface area contributed by atoms with Crippen molar-refractivity contribution < 1.29 is 14.3 Å². The lowest BCUT2D eigenvalue weighted by atomic mass is 9.86. The molecule has 4 rings (SSSR count). The smallest absolute Gasteiger partial charge is 0.310 e. The van der Waals surface area contributed by atoms with E-state index in [4.69, 9.17) is 0 Å². The van der Waals surface area contributed by atoms with Crippen LogP contribution in [0, 0.1) is 11.7 Å². The van der Waals surface area contributed by atoms with Crippen LogP contribution in [0.15, 0.2) is 66.9 Å². The highest BCUT2D eigenvalue weighted by Gasteiger charge is 2.28. The number of halogens is 1. The number of carboxylic acids is 1. The van der Waals surface area contributed by atoms with Crippen LogP contribution in [0.1, 0.15) is 41.3 Å². The number of carbonyl (C=O) groups is 1. The first-order valence-corrected chi connectivity index (χ1v) is 11.0. The Balaban J connectivity index is 1.49. The third-order valence-corrected chi connectivity index (χ3v) is 6.23. The summed E-state index contributed by atoms with van der Waals surface area (Å²) in [6, 6.07) is 19.4. The first-order valence-electron chi connectivity index (χ1n) is 11.0. The van der Waals surface area contributed by atoms with Gasteiger partial charge < -0.3 is 15.7 Å². The third-order valence-electron chi connectivity index (χ3n) is 6.23. The van der Waals surface area contributed by atoms with Crippen molar-refractivity contribution in [1.82, 2.24) is 10.3 Å². The van der Waals surface area contributed by atoms with Crippen molar-refractivity contribution in [1.29, 1.82) is 0 Å². The molecule has 0 saturated carbocycles. The fourth-order valence-corrected chi connectivity index (χ4v) is 4.40. The van der Waals surface area contributed by atoms with Gasteiger partial charge in [0.25, 0.3) is 0 Å². The molecular formula is C26H28FN3O2. The molecule has 6 heteroatoms. The summed E-state index contributed by atoms with van der Waals surface area (Å²) in [5.74, 6) is -2.02. The van der Waals surface area contributed by atoms with Crippen molar-refractivity contribution in [2.45, 2.75) is 31.7 Å². The quantitative estimate of drug-likeness (QED) is 0.485. The number of benzene rings is 2. The van der Waals surface area contributed by atoms with Gasteiger partial charge >= 0.3 is 5.97 Å². The molecule has 1 aliphatic heterocycles. The molecule has 0 amide bonds. The van der Waals surface area contributed by atoms with Gasteiger partial charge in [-0.2, -0.15) is 0 Å². The van der Waals surface area contributed by atoms with Crippen molar-refractivity contribution >= 4 is 11.7 Å². The highest BCUT2D eigenvalue weighted by atomic mass is 19.1. The second-order valence-corrected chi connectivity index (χ2v) is 8.32. The van der Waals surface area contributed by atoms with E-state index in [1.165, 1.54) is 12.5 Å². The van der Waals surface area contributed by atoms with Crippen LogP contribution in [0.25, 0.3) is 0 Å². The predicted molar refractivity (Wildman–Crippen MR) is 123 cm³/mol. The summed E-state index contributed by atoms with van der Waals surface area (Å²) in [4.78, 5) is 15.8. The molecule has 0 radical (unpaired) electrons. The molecule has 1 aromatic heterocycles. The van der Waals surface area contributed by atoms with E-state index in [1.54, 1.807) is 18.2 Å². The molecular weight excluding hydrogens is 405 g/mol. The van der Waals surface area contributed by atoms with Crippen LogP contribution in [0.5, 0.6) is 0 Å². The van der Waals surface area contributed by atoms with E-state index in [0.717, 1.165) is 24.3 Å². The molecule has 2 heterocycles. The number of pyridine rings is 1. The third kappa shape index (κ3) is 4.81. The van der Waals surface area contributed by atoms with Gasteiger partial charge in [0, 0.05) is 30.3 Å². The van der Waals surface area contributed by atoms with Crippen LogP contribution < -0.4 is 10.6 Å². The lowest BCUT2D eigenvalue weighted by Crippen LogP contribution is -2.37. The van der Waals surface area contributed by atoms with Gasteiger partial charge in [0.1, 0.15) is 5.82 Å². The van der Waals surface area contributed by atoms with E-state index in [1.807, 2.05) is 30.5 Å². The van der Waals surface area contributed by atoms with Gasteiger partial charge in [-0.1, -0.05) is 48.5 Å². The average Bonchev–Trinajstić information content (AvgIpc) is 2.82. The van der Waals surface area contributed by atoms with Gasteiger partial charge in [-0.05, 0) is 49.6 Å². The number of rotatable bonds is 8. The SMILES string of the molecule is C[C@@H](C(=O)O)c1cccc(CCN[C@H](c2ccccc2)[C@H]2CNc3cccnc3C2)c1F. The minimum atomic E-state index is -1.03. The normalized spacial score (nSPS) is 17.1. The van der Waals surface area contributed by atoms with Gasteiger partial charge in [-0.25, -0.2) is 4.39 Å². The Kier molecular flexibility index (Phi) is 6.81. The molecule has 166 valence electrons. The van der Waals surface area contributed by atoms with Gasteiger partial charge in [0.2, 0.25) is 0 Å². The van der Waals surface area contributed by atoms with Crippen molar-refractivity contribution in [2.24, 2.45) is 5.92 Å². The number of nitrogens with one attached hydrogen (secondary N) is 2. The second-order valence-electron chi connectivity index (χ2n) is 8.32. The molecule has 3 aromatic rings. The monoisotopic (exact) mass is 433 g/mol. The maximum atomic E-state index is 14.9. The number of aliphatic carboxylic acids is 1. The minimum Gasteiger partial charge on any atom is -0.481 e. The van der Waals surface area contributed by atoms with Crippen LogP contribution in [0.2, 0.25) is 0 Å². The number of hydrogen-bond acceptors (Lipinski definition) is 4. The van der Waals surface area contributed by atoms with Crippen LogP contribution in [0.4, 0.5) is 10.1 Å². The van der Waals surface area contributed by atoms with E-state index in [9.17, 15) is 14.3 Å². The number of carboxylic acid groups (broad SMARTS) is 1. The zero-order valence-corrected chi connectivity index (χ0v) is 18.1. The van der Waals surface area contributed by atoms with Crippen LogP contribution in [-0.2, 0) is 17.6 Å². The molecule has 32 heavy (non-hydrogen) atoms. The first-order chi connectivity index (χ1) is 15.5. The molecule has 3 atom stereocenters. The Labute approximate surface area is 187 Å². The number of fused-ring (bicyclic) bond motifs is 1. The number of aromatic nitrogens is 1. The maximum Gasteiger partial charge on any atom is 0.310 e. The second kappa shape index (κ2) is 9.92. The zero-order chi connectivity index (χ0) is 22.5. The van der Waals surface area contributed by atoms with E-state index in [0.29, 0.717) is 24.4 Å². The Bertz CT molecular complexity index is 1070. The predicted octanol–water partition coefficient (Wildman–Crippen LogP) is 4.57. The number of hydrogen-bond donors (Lipinski definition) is 3. The van der Waals surface area contributed by atoms with Crippen LogP contribution >= 0.6 is 0 Å². The Morgan fingerprint density at radius 2 is 2.00 bits per heavy atom. The zero-order valence-electron chi connectivity index (χ0n) is 18.1. The average molecular weight is 434 g/mol. The van der Waals surface area contributed by atoms with E-state index < -0.39 is 17.7 Å². The standard InChI is InChI=1S/C26H28FN3O2/c1-17(26(31)32)21-10-5-9-18(24(21)27)12-14-29-25(19-7-3-2-4-8-19)20-15-23-22(30-16-20)11-6-13-28-23/h2-11,13,17,20,25,29-30H,12,14-16H2,1H3,(H,31,32)/t17-,20-,25-/m1/s1. The number of anilines is 1. The van der Waals surface area contributed by atoms with Gasteiger partial charge in [-0.3, -0.25) is 9.78 Å². The highest BCUT2D eigenvalue weighted by Crippen LogP contribution is 2.31. The minimum absolute atomic E-state index is 0.0862. The summed E-state index contributed by atoms with van der Waals surface area (Å²) in [7, 11) is 0. The van der Waals surface area contributed by atoms with Crippen molar-refractivity contribution in [3.63, 3.8) is 0 Å². The fraction of sp³-hybridized carbons (Fsp3) is 0.308. The summed E-state index contributed by atoms with van der Waals surface area (Å²) >= 11 is 0. The number of nitrogens with zero attached hydrogens (tertiary/aromatic N) is 1. The molecule has 3 N–H and O–H groups in total. The van der Waals surface area contributed by atoms with Crippen LogP contribution in [-0.4, -0.2) is 29.1 Å². The van der Waals surface area contributed by atoms with E-state index >= 15 is 0 Å². The molecule has 0 fully saturated rings. The molecule has 0 bridgehead atoms. The highest BCUT2D eigenvalue weighted by molar-refractivity contribution is 5.75. The molecule has 2 aromatic carbocycles. The lowest BCUT2D eigenvalue weighted by Gasteiger charge is -2.33. The Hall–Kier alpha value is -3.25. The Morgan fingerprint density at radius 3 is 2.78 bits per heavy atom.